The molecule has 6 heteroatoms. The van der Waals surface area contributed by atoms with Crippen LogP contribution in [0.4, 0.5) is 8.78 Å². The Bertz CT molecular complexity index is 225. The van der Waals surface area contributed by atoms with E-state index in [0.29, 0.717) is 6.54 Å². The van der Waals surface area contributed by atoms with Gasteiger partial charge in [0.15, 0.2) is 0 Å². The summed E-state index contributed by atoms with van der Waals surface area (Å²) in [5.74, 6) is -4.09. The van der Waals surface area contributed by atoms with Gasteiger partial charge in [0.2, 0.25) is 0 Å². The Kier molecular flexibility index (Phi) is 3.71. The number of carbonyl (C=O) groups is 1. The number of nitrogens with zero attached hydrogens (tertiary/aromatic N) is 1. The molecule has 1 heterocycles. The Labute approximate surface area is 85.5 Å². The van der Waals surface area contributed by atoms with Gasteiger partial charge >= 0.3 is 11.9 Å². The van der Waals surface area contributed by atoms with Crippen LogP contribution in [0.15, 0.2) is 0 Å². The fraction of sp³-hybridized carbons (Fsp3) is 0.875. The Morgan fingerprint density at radius 2 is 2.36 bits per heavy atom. The molecule has 1 atom stereocenters. The van der Waals surface area contributed by atoms with Crippen LogP contribution in [0, 0.1) is 0 Å². The first-order valence-corrected chi connectivity index (χ1v) is 5.52. The molecule has 1 aliphatic heterocycles. The van der Waals surface area contributed by atoms with Crippen LogP contribution in [0.3, 0.4) is 0 Å². The number of rotatable bonds is 3. The molecule has 0 bridgehead atoms. The summed E-state index contributed by atoms with van der Waals surface area (Å²) in [7, 11) is 0. The molecule has 1 saturated heterocycles. The van der Waals surface area contributed by atoms with E-state index in [1.165, 1.54) is 4.90 Å². The minimum atomic E-state index is -3.63. The monoisotopic (exact) mass is 225 g/mol. The quantitative estimate of drug-likeness (QED) is 0.782. The zero-order valence-electron chi connectivity index (χ0n) is 7.87. The van der Waals surface area contributed by atoms with Gasteiger partial charge in [0.1, 0.15) is 0 Å². The molecule has 14 heavy (non-hydrogen) atoms. The first-order valence-electron chi connectivity index (χ1n) is 4.36. The summed E-state index contributed by atoms with van der Waals surface area (Å²) in [6.45, 7) is 1.70. The topological polar surface area (TPSA) is 40.5 Å². The number of carboxylic acids is 1. The third-order valence-corrected chi connectivity index (χ3v) is 3.41. The average molecular weight is 225 g/mol. The molecule has 0 amide bonds. The summed E-state index contributed by atoms with van der Waals surface area (Å²) >= 11 is 1.71. The standard InChI is InChI=1S/C8H13F2NO2S/c1-6-4-14-3-2-11(6)5-8(9,10)7(12)13/h6H,2-5H2,1H3,(H,12,13). The smallest absolute Gasteiger partial charge is 0.375 e. The SMILES string of the molecule is CC1CSCCN1CC(F)(F)C(=O)O. The molecule has 0 spiro atoms. The van der Waals surface area contributed by atoms with Crippen molar-refractivity contribution in [1.82, 2.24) is 4.90 Å². The van der Waals surface area contributed by atoms with E-state index in [9.17, 15) is 13.6 Å². The lowest BCUT2D eigenvalue weighted by atomic mass is 10.2. The molecule has 0 aliphatic carbocycles. The molecule has 82 valence electrons. The van der Waals surface area contributed by atoms with E-state index in [4.69, 9.17) is 5.11 Å². The summed E-state index contributed by atoms with van der Waals surface area (Å²) in [4.78, 5) is 11.8. The van der Waals surface area contributed by atoms with E-state index in [1.54, 1.807) is 11.8 Å². The minimum Gasteiger partial charge on any atom is -0.477 e. The first kappa shape index (κ1) is 11.7. The zero-order valence-corrected chi connectivity index (χ0v) is 8.69. The molecule has 1 fully saturated rings. The van der Waals surface area contributed by atoms with Crippen molar-refractivity contribution in [3.05, 3.63) is 0 Å². The van der Waals surface area contributed by atoms with Gasteiger partial charge in [0, 0.05) is 24.1 Å². The van der Waals surface area contributed by atoms with E-state index >= 15 is 0 Å². The van der Waals surface area contributed by atoms with Crippen molar-refractivity contribution in [3.8, 4) is 0 Å². The third-order valence-electron chi connectivity index (χ3n) is 2.22. The number of hydrogen-bond donors (Lipinski definition) is 1. The van der Waals surface area contributed by atoms with Crippen molar-refractivity contribution in [2.75, 3.05) is 24.6 Å². The van der Waals surface area contributed by atoms with E-state index in [0.717, 1.165) is 11.5 Å². The summed E-state index contributed by atoms with van der Waals surface area (Å²) in [5, 5.41) is 8.28. The molecule has 1 rings (SSSR count). The molecular weight excluding hydrogens is 212 g/mol. The number of thioether (sulfide) groups is 1. The highest BCUT2D eigenvalue weighted by molar-refractivity contribution is 7.99. The summed E-state index contributed by atoms with van der Waals surface area (Å²) < 4.78 is 25.7. The summed E-state index contributed by atoms with van der Waals surface area (Å²) in [5.41, 5.74) is 0. The average Bonchev–Trinajstić information content (AvgIpc) is 2.08. The highest BCUT2D eigenvalue weighted by Gasteiger charge is 2.41. The van der Waals surface area contributed by atoms with Crippen molar-refractivity contribution in [2.24, 2.45) is 0 Å². The zero-order chi connectivity index (χ0) is 10.8. The summed E-state index contributed by atoms with van der Waals surface area (Å²) in [6.07, 6.45) is 0. The normalized spacial score (nSPS) is 24.9. The van der Waals surface area contributed by atoms with Gasteiger partial charge in [-0.15, -0.1) is 0 Å². The molecule has 0 aromatic rings. The Balaban J connectivity index is 2.53. The van der Waals surface area contributed by atoms with E-state index < -0.39 is 18.4 Å². The van der Waals surface area contributed by atoms with Gasteiger partial charge in [-0.1, -0.05) is 0 Å². The van der Waals surface area contributed by atoms with Crippen LogP contribution >= 0.6 is 11.8 Å². The van der Waals surface area contributed by atoms with Crippen LogP contribution < -0.4 is 0 Å². The number of hydrogen-bond acceptors (Lipinski definition) is 3. The summed E-state index contributed by atoms with van der Waals surface area (Å²) in [6, 6.07) is 0.0268. The van der Waals surface area contributed by atoms with Gasteiger partial charge in [0.25, 0.3) is 0 Å². The molecular formula is C8H13F2NO2S. The highest BCUT2D eigenvalue weighted by Crippen LogP contribution is 2.21. The minimum absolute atomic E-state index is 0.0268. The molecule has 3 nitrogen and oxygen atoms in total. The van der Waals surface area contributed by atoms with Crippen molar-refractivity contribution in [1.29, 1.82) is 0 Å². The van der Waals surface area contributed by atoms with Gasteiger partial charge in [-0.2, -0.15) is 20.5 Å². The molecule has 0 aromatic heterocycles. The lowest BCUT2D eigenvalue weighted by Crippen LogP contribution is -2.49. The lowest BCUT2D eigenvalue weighted by Gasteiger charge is -2.34. The van der Waals surface area contributed by atoms with Crippen molar-refractivity contribution in [3.63, 3.8) is 0 Å². The largest absolute Gasteiger partial charge is 0.477 e. The molecule has 1 aliphatic rings. The highest BCUT2D eigenvalue weighted by atomic mass is 32.2. The first-order chi connectivity index (χ1) is 6.43. The maximum Gasteiger partial charge on any atom is 0.375 e. The van der Waals surface area contributed by atoms with Crippen LogP contribution in [-0.2, 0) is 4.79 Å². The van der Waals surface area contributed by atoms with E-state index in [1.807, 2.05) is 6.92 Å². The second-order valence-corrected chi connectivity index (χ2v) is 4.55. The van der Waals surface area contributed by atoms with Crippen LogP contribution in [-0.4, -0.2) is 52.5 Å². The van der Waals surface area contributed by atoms with Gasteiger partial charge in [-0.25, -0.2) is 4.79 Å². The van der Waals surface area contributed by atoms with Crippen LogP contribution in [0.5, 0.6) is 0 Å². The lowest BCUT2D eigenvalue weighted by molar-refractivity contribution is -0.167. The van der Waals surface area contributed by atoms with E-state index in [-0.39, 0.29) is 6.04 Å². The van der Waals surface area contributed by atoms with Gasteiger partial charge in [-0.05, 0) is 6.92 Å². The van der Waals surface area contributed by atoms with Crippen molar-refractivity contribution >= 4 is 17.7 Å². The molecule has 0 aromatic carbocycles. The molecule has 0 radical (unpaired) electrons. The van der Waals surface area contributed by atoms with E-state index in [2.05, 4.69) is 0 Å². The predicted octanol–water partition coefficient (Wildman–Crippen LogP) is 1.14. The number of alkyl halides is 2. The van der Waals surface area contributed by atoms with Crippen LogP contribution in [0.1, 0.15) is 6.92 Å². The maximum absolute atomic E-state index is 12.9. The molecule has 0 saturated carbocycles. The maximum atomic E-state index is 12.9. The Morgan fingerprint density at radius 1 is 1.71 bits per heavy atom. The fourth-order valence-corrected chi connectivity index (χ4v) is 2.40. The second kappa shape index (κ2) is 4.44. The van der Waals surface area contributed by atoms with Crippen molar-refractivity contribution < 1.29 is 18.7 Å². The Hall–Kier alpha value is -0.360. The fourth-order valence-electron chi connectivity index (χ4n) is 1.32. The third kappa shape index (κ3) is 2.81. The number of aliphatic carboxylic acids is 1. The van der Waals surface area contributed by atoms with Crippen LogP contribution in [0.2, 0.25) is 0 Å². The predicted molar refractivity (Wildman–Crippen MR) is 50.9 cm³/mol. The Morgan fingerprint density at radius 3 is 2.86 bits per heavy atom. The van der Waals surface area contributed by atoms with Gasteiger partial charge in [-0.3, -0.25) is 4.90 Å². The molecule has 1 unspecified atom stereocenters. The number of carboxylic acid groups (broad SMARTS) is 1. The van der Waals surface area contributed by atoms with Gasteiger partial charge in [0.05, 0.1) is 6.54 Å². The second-order valence-electron chi connectivity index (χ2n) is 3.40. The van der Waals surface area contributed by atoms with Crippen LogP contribution in [0.25, 0.3) is 0 Å². The number of halogens is 2. The molecule has 1 N–H and O–H groups in total. The van der Waals surface area contributed by atoms with Gasteiger partial charge < -0.3 is 5.11 Å². The van der Waals surface area contributed by atoms with Crippen molar-refractivity contribution in [2.45, 2.75) is 18.9 Å².